The zero-order chi connectivity index (χ0) is 21.1. The third-order valence-electron chi connectivity index (χ3n) is 4.47. The SMILES string of the molecule is Cc1ccc(NC(=O)Nc2c(C)noc2C)cc1Nc1nc(-c2cccnc2)cs1. The van der Waals surface area contributed by atoms with Gasteiger partial charge in [-0.15, -0.1) is 11.3 Å². The Bertz CT molecular complexity index is 1170. The molecule has 0 radical (unpaired) electrons. The minimum atomic E-state index is -0.368. The van der Waals surface area contributed by atoms with E-state index >= 15 is 0 Å². The number of carbonyl (C=O) groups is 1. The maximum Gasteiger partial charge on any atom is 0.323 e. The van der Waals surface area contributed by atoms with Gasteiger partial charge in [-0.05, 0) is 50.6 Å². The second kappa shape index (κ2) is 8.34. The molecule has 9 heteroatoms. The Morgan fingerprint density at radius 1 is 1.13 bits per heavy atom. The van der Waals surface area contributed by atoms with Crippen molar-refractivity contribution < 1.29 is 9.32 Å². The highest BCUT2D eigenvalue weighted by atomic mass is 32.1. The van der Waals surface area contributed by atoms with Gasteiger partial charge in [0.15, 0.2) is 10.9 Å². The zero-order valence-corrected chi connectivity index (χ0v) is 17.5. The number of amides is 2. The first-order valence-electron chi connectivity index (χ1n) is 9.24. The molecular formula is C21H20N6O2S. The van der Waals surface area contributed by atoms with Crippen LogP contribution >= 0.6 is 11.3 Å². The molecule has 0 fully saturated rings. The molecule has 0 atom stereocenters. The fraction of sp³-hybridized carbons (Fsp3) is 0.143. The van der Waals surface area contributed by atoms with E-state index in [0.29, 0.717) is 22.8 Å². The van der Waals surface area contributed by atoms with Crippen molar-refractivity contribution in [3.05, 3.63) is 65.1 Å². The van der Waals surface area contributed by atoms with E-state index in [-0.39, 0.29) is 6.03 Å². The first kappa shape index (κ1) is 19.6. The lowest BCUT2D eigenvalue weighted by atomic mass is 10.2. The molecule has 0 saturated carbocycles. The highest BCUT2D eigenvalue weighted by Gasteiger charge is 2.13. The number of anilines is 4. The fourth-order valence-electron chi connectivity index (χ4n) is 2.86. The van der Waals surface area contributed by atoms with Crippen molar-refractivity contribution in [2.45, 2.75) is 20.8 Å². The van der Waals surface area contributed by atoms with Crippen molar-refractivity contribution in [3.63, 3.8) is 0 Å². The number of nitrogens with one attached hydrogen (secondary N) is 3. The number of aryl methyl sites for hydroxylation is 3. The zero-order valence-electron chi connectivity index (χ0n) is 16.7. The number of pyridine rings is 1. The van der Waals surface area contributed by atoms with Crippen molar-refractivity contribution in [1.29, 1.82) is 0 Å². The van der Waals surface area contributed by atoms with Crippen LogP contribution in [0, 0.1) is 20.8 Å². The predicted molar refractivity (Wildman–Crippen MR) is 118 cm³/mol. The van der Waals surface area contributed by atoms with Crippen LogP contribution in [0.2, 0.25) is 0 Å². The molecule has 0 aliphatic rings. The normalized spacial score (nSPS) is 10.6. The standard InChI is InChI=1S/C21H20N6O2S/c1-12-6-7-16(23-20(28)26-19-13(2)27-29-14(19)3)9-17(12)24-21-25-18(11-30-21)15-5-4-8-22-10-15/h4-11H,1-3H3,(H,24,25)(H2,23,26,28). The maximum absolute atomic E-state index is 12.4. The highest BCUT2D eigenvalue weighted by molar-refractivity contribution is 7.14. The molecule has 0 unspecified atom stereocenters. The minimum Gasteiger partial charge on any atom is -0.359 e. The van der Waals surface area contributed by atoms with E-state index in [1.54, 1.807) is 26.2 Å². The Hall–Kier alpha value is -3.72. The molecule has 0 spiro atoms. The maximum atomic E-state index is 12.4. The molecule has 0 saturated heterocycles. The number of urea groups is 1. The molecule has 8 nitrogen and oxygen atoms in total. The van der Waals surface area contributed by atoms with Crippen LogP contribution in [0.5, 0.6) is 0 Å². The number of rotatable bonds is 5. The van der Waals surface area contributed by atoms with Crippen molar-refractivity contribution in [1.82, 2.24) is 15.1 Å². The number of hydrogen-bond acceptors (Lipinski definition) is 7. The summed E-state index contributed by atoms with van der Waals surface area (Å²) in [6.07, 6.45) is 3.52. The largest absolute Gasteiger partial charge is 0.359 e. The average molecular weight is 420 g/mol. The van der Waals surface area contributed by atoms with Gasteiger partial charge in [-0.2, -0.15) is 0 Å². The van der Waals surface area contributed by atoms with E-state index in [1.165, 1.54) is 11.3 Å². The van der Waals surface area contributed by atoms with Crippen LogP contribution in [0.4, 0.5) is 27.0 Å². The molecule has 2 amide bonds. The summed E-state index contributed by atoms with van der Waals surface area (Å²) in [5, 5.41) is 15.5. The van der Waals surface area contributed by atoms with Crippen LogP contribution < -0.4 is 16.0 Å². The van der Waals surface area contributed by atoms with Crippen LogP contribution in [0.3, 0.4) is 0 Å². The van der Waals surface area contributed by atoms with E-state index in [2.05, 4.69) is 31.1 Å². The van der Waals surface area contributed by atoms with E-state index < -0.39 is 0 Å². The first-order chi connectivity index (χ1) is 14.5. The van der Waals surface area contributed by atoms with Crippen LogP contribution in [0.25, 0.3) is 11.3 Å². The quantitative estimate of drug-likeness (QED) is 0.393. The molecule has 4 aromatic rings. The van der Waals surface area contributed by atoms with E-state index in [9.17, 15) is 4.79 Å². The number of benzene rings is 1. The van der Waals surface area contributed by atoms with E-state index in [4.69, 9.17) is 4.52 Å². The van der Waals surface area contributed by atoms with Gasteiger partial charge in [0.25, 0.3) is 0 Å². The molecule has 3 heterocycles. The van der Waals surface area contributed by atoms with Crippen LogP contribution in [0.1, 0.15) is 17.0 Å². The predicted octanol–water partition coefficient (Wildman–Crippen LogP) is 5.51. The smallest absolute Gasteiger partial charge is 0.323 e. The van der Waals surface area contributed by atoms with E-state index in [1.807, 2.05) is 42.6 Å². The molecular weight excluding hydrogens is 400 g/mol. The fourth-order valence-corrected chi connectivity index (χ4v) is 3.60. The van der Waals surface area contributed by atoms with Crippen molar-refractivity contribution in [3.8, 4) is 11.3 Å². The number of carbonyl (C=O) groups excluding carboxylic acids is 1. The second-order valence-corrected chi connectivity index (χ2v) is 7.57. The Morgan fingerprint density at radius 3 is 2.73 bits per heavy atom. The lowest BCUT2D eigenvalue weighted by Gasteiger charge is -2.11. The van der Waals surface area contributed by atoms with Gasteiger partial charge >= 0.3 is 6.03 Å². The number of nitrogens with zero attached hydrogens (tertiary/aromatic N) is 3. The van der Waals surface area contributed by atoms with Gasteiger partial charge in [0, 0.05) is 34.7 Å². The molecule has 4 rings (SSSR count). The van der Waals surface area contributed by atoms with E-state index in [0.717, 1.165) is 27.6 Å². The molecule has 0 aliphatic heterocycles. The number of hydrogen-bond donors (Lipinski definition) is 3. The third-order valence-corrected chi connectivity index (χ3v) is 5.23. The highest BCUT2D eigenvalue weighted by Crippen LogP contribution is 2.29. The number of aromatic nitrogens is 3. The monoisotopic (exact) mass is 420 g/mol. The van der Waals surface area contributed by atoms with Crippen LogP contribution in [0.15, 0.2) is 52.6 Å². The van der Waals surface area contributed by atoms with Crippen molar-refractivity contribution in [2.24, 2.45) is 0 Å². The lowest BCUT2D eigenvalue weighted by molar-refractivity contribution is 0.262. The summed E-state index contributed by atoms with van der Waals surface area (Å²) in [6.45, 7) is 5.51. The Labute approximate surface area is 177 Å². The van der Waals surface area contributed by atoms with Gasteiger partial charge < -0.3 is 20.5 Å². The summed E-state index contributed by atoms with van der Waals surface area (Å²) in [6, 6.07) is 9.13. The van der Waals surface area contributed by atoms with Crippen molar-refractivity contribution >= 4 is 39.6 Å². The Balaban J connectivity index is 1.47. The Morgan fingerprint density at radius 2 is 2.00 bits per heavy atom. The summed E-state index contributed by atoms with van der Waals surface area (Å²) in [4.78, 5) is 21.1. The molecule has 3 aromatic heterocycles. The summed E-state index contributed by atoms with van der Waals surface area (Å²) in [5.74, 6) is 0.558. The lowest BCUT2D eigenvalue weighted by Crippen LogP contribution is -2.20. The van der Waals surface area contributed by atoms with Crippen LogP contribution in [-0.2, 0) is 0 Å². The molecule has 3 N–H and O–H groups in total. The summed E-state index contributed by atoms with van der Waals surface area (Å²) in [5.41, 5.74) is 5.57. The molecule has 30 heavy (non-hydrogen) atoms. The van der Waals surface area contributed by atoms with Gasteiger partial charge in [-0.25, -0.2) is 9.78 Å². The average Bonchev–Trinajstić information content (AvgIpc) is 3.33. The molecule has 152 valence electrons. The van der Waals surface area contributed by atoms with Gasteiger partial charge in [0.1, 0.15) is 11.4 Å². The van der Waals surface area contributed by atoms with Gasteiger partial charge in [0.2, 0.25) is 0 Å². The summed E-state index contributed by atoms with van der Waals surface area (Å²) < 4.78 is 5.07. The second-order valence-electron chi connectivity index (χ2n) is 6.71. The van der Waals surface area contributed by atoms with Crippen LogP contribution in [-0.4, -0.2) is 21.2 Å². The van der Waals surface area contributed by atoms with Gasteiger partial charge in [-0.3, -0.25) is 4.98 Å². The molecule has 0 bridgehead atoms. The third kappa shape index (κ3) is 4.31. The topological polar surface area (TPSA) is 105 Å². The number of thiazole rings is 1. The summed E-state index contributed by atoms with van der Waals surface area (Å²) in [7, 11) is 0. The van der Waals surface area contributed by atoms with Gasteiger partial charge in [0.05, 0.1) is 5.69 Å². The molecule has 0 aliphatic carbocycles. The van der Waals surface area contributed by atoms with Gasteiger partial charge in [-0.1, -0.05) is 11.2 Å². The molecule has 1 aromatic carbocycles. The minimum absolute atomic E-state index is 0.368. The Kier molecular flexibility index (Phi) is 5.44. The summed E-state index contributed by atoms with van der Waals surface area (Å²) >= 11 is 1.51. The van der Waals surface area contributed by atoms with Crippen molar-refractivity contribution in [2.75, 3.05) is 16.0 Å². The first-order valence-corrected chi connectivity index (χ1v) is 10.1.